The predicted octanol–water partition coefficient (Wildman–Crippen LogP) is 3.35. The maximum Gasteiger partial charge on any atom is 0.0431 e. The predicted molar refractivity (Wildman–Crippen MR) is 71.8 cm³/mol. The average molecular weight is 307 g/mol. The van der Waals surface area contributed by atoms with Gasteiger partial charge in [-0.3, -0.25) is 0 Å². The molecule has 0 saturated heterocycles. The molecule has 1 rings (SSSR count). The van der Waals surface area contributed by atoms with Crippen molar-refractivity contribution in [3.05, 3.63) is 33.3 Å². The third-order valence-corrected chi connectivity index (χ3v) is 3.45. The van der Waals surface area contributed by atoms with E-state index in [1.807, 2.05) is 18.2 Å². The Balaban J connectivity index is 2.44. The van der Waals surface area contributed by atoms with Crippen LogP contribution in [0.25, 0.3) is 0 Å². The molecule has 0 fully saturated rings. The van der Waals surface area contributed by atoms with E-state index in [9.17, 15) is 0 Å². The molecule has 2 N–H and O–H groups in total. The summed E-state index contributed by atoms with van der Waals surface area (Å²) in [5.74, 6) is 0. The molecule has 1 unspecified atom stereocenters. The van der Waals surface area contributed by atoms with Crippen molar-refractivity contribution < 1.29 is 5.11 Å². The summed E-state index contributed by atoms with van der Waals surface area (Å²) < 4.78 is 1.07. The summed E-state index contributed by atoms with van der Waals surface area (Å²) in [6, 6.07) is 6.18. The summed E-state index contributed by atoms with van der Waals surface area (Å²) in [6.45, 7) is 3.16. The highest BCUT2D eigenvalue weighted by Gasteiger charge is 2.04. The van der Waals surface area contributed by atoms with Crippen LogP contribution in [0.15, 0.2) is 22.7 Å². The smallest absolute Gasteiger partial charge is 0.0431 e. The highest BCUT2D eigenvalue weighted by Crippen LogP contribution is 2.21. The molecular formula is C12H17BrClNO. The zero-order chi connectivity index (χ0) is 12.0. The summed E-state index contributed by atoms with van der Waals surface area (Å²) >= 11 is 9.43. The van der Waals surface area contributed by atoms with Crippen LogP contribution in [0.3, 0.4) is 0 Å². The lowest BCUT2D eigenvalue weighted by molar-refractivity contribution is 0.276. The molecule has 2 nitrogen and oxygen atoms in total. The van der Waals surface area contributed by atoms with E-state index in [-0.39, 0.29) is 6.61 Å². The molecule has 0 aromatic heterocycles. The first-order chi connectivity index (χ1) is 7.63. The Hall–Kier alpha value is -0.0900. The van der Waals surface area contributed by atoms with Gasteiger partial charge < -0.3 is 10.4 Å². The Morgan fingerprint density at radius 1 is 1.50 bits per heavy atom. The summed E-state index contributed by atoms with van der Waals surface area (Å²) in [7, 11) is 0. The van der Waals surface area contributed by atoms with Crippen molar-refractivity contribution in [1.82, 2.24) is 5.32 Å². The SMILES string of the molecule is CC(CCCO)NCc1cc(Cl)ccc1Br. The van der Waals surface area contributed by atoms with E-state index in [0.29, 0.717) is 6.04 Å². The van der Waals surface area contributed by atoms with E-state index in [1.165, 1.54) is 0 Å². The first-order valence-electron chi connectivity index (χ1n) is 5.41. The second-order valence-corrected chi connectivity index (χ2v) is 5.17. The van der Waals surface area contributed by atoms with Gasteiger partial charge in [0.15, 0.2) is 0 Å². The average Bonchev–Trinajstić information content (AvgIpc) is 2.27. The van der Waals surface area contributed by atoms with Gasteiger partial charge in [0.2, 0.25) is 0 Å². The number of nitrogens with one attached hydrogen (secondary N) is 1. The maximum absolute atomic E-state index is 8.73. The van der Waals surface area contributed by atoms with Gasteiger partial charge in [-0.1, -0.05) is 27.5 Å². The molecule has 0 saturated carbocycles. The van der Waals surface area contributed by atoms with Gasteiger partial charge in [0.05, 0.1) is 0 Å². The highest BCUT2D eigenvalue weighted by atomic mass is 79.9. The number of aliphatic hydroxyl groups excluding tert-OH is 1. The Morgan fingerprint density at radius 2 is 2.25 bits per heavy atom. The molecule has 0 amide bonds. The third kappa shape index (κ3) is 4.83. The Kier molecular flexibility index (Phi) is 6.36. The molecule has 1 atom stereocenters. The van der Waals surface area contributed by atoms with Gasteiger partial charge in [-0.05, 0) is 43.5 Å². The van der Waals surface area contributed by atoms with Crippen molar-refractivity contribution in [3.63, 3.8) is 0 Å². The van der Waals surface area contributed by atoms with Crippen LogP contribution in [-0.4, -0.2) is 17.8 Å². The normalized spacial score (nSPS) is 12.8. The lowest BCUT2D eigenvalue weighted by atomic mass is 10.1. The van der Waals surface area contributed by atoms with Crippen molar-refractivity contribution in [1.29, 1.82) is 0 Å². The summed E-state index contributed by atoms with van der Waals surface area (Å²) in [6.07, 6.45) is 1.82. The molecule has 1 aromatic rings. The summed E-state index contributed by atoms with van der Waals surface area (Å²) in [4.78, 5) is 0. The zero-order valence-electron chi connectivity index (χ0n) is 9.34. The molecule has 4 heteroatoms. The number of benzene rings is 1. The summed E-state index contributed by atoms with van der Waals surface area (Å²) in [5.41, 5.74) is 1.16. The van der Waals surface area contributed by atoms with E-state index >= 15 is 0 Å². The fourth-order valence-electron chi connectivity index (χ4n) is 1.46. The molecule has 0 radical (unpaired) electrons. The lowest BCUT2D eigenvalue weighted by Crippen LogP contribution is -2.25. The van der Waals surface area contributed by atoms with Crippen molar-refractivity contribution in [2.45, 2.75) is 32.4 Å². The molecule has 1 aromatic carbocycles. The summed E-state index contributed by atoms with van der Waals surface area (Å²) in [5, 5.41) is 12.9. The second kappa shape index (κ2) is 7.28. The Labute approximate surface area is 110 Å². The number of rotatable bonds is 6. The van der Waals surface area contributed by atoms with E-state index in [4.69, 9.17) is 16.7 Å². The van der Waals surface area contributed by atoms with E-state index in [0.717, 1.165) is 34.4 Å². The van der Waals surface area contributed by atoms with Crippen molar-refractivity contribution >= 4 is 27.5 Å². The monoisotopic (exact) mass is 305 g/mol. The van der Waals surface area contributed by atoms with E-state index in [2.05, 4.69) is 28.2 Å². The molecule has 0 aliphatic carbocycles. The van der Waals surface area contributed by atoms with Crippen LogP contribution >= 0.6 is 27.5 Å². The number of hydrogen-bond donors (Lipinski definition) is 2. The topological polar surface area (TPSA) is 32.3 Å². The number of halogens is 2. The second-order valence-electron chi connectivity index (χ2n) is 3.88. The first kappa shape index (κ1) is 14.0. The molecule has 16 heavy (non-hydrogen) atoms. The Morgan fingerprint density at radius 3 is 2.94 bits per heavy atom. The Bertz CT molecular complexity index is 333. The lowest BCUT2D eigenvalue weighted by Gasteiger charge is -2.14. The fraction of sp³-hybridized carbons (Fsp3) is 0.500. The van der Waals surface area contributed by atoms with Crippen LogP contribution in [0.2, 0.25) is 5.02 Å². The van der Waals surface area contributed by atoms with Gasteiger partial charge in [0.25, 0.3) is 0 Å². The number of hydrogen-bond acceptors (Lipinski definition) is 2. The quantitative estimate of drug-likeness (QED) is 0.845. The largest absolute Gasteiger partial charge is 0.396 e. The minimum absolute atomic E-state index is 0.257. The van der Waals surface area contributed by atoms with Crippen LogP contribution in [0.1, 0.15) is 25.3 Å². The number of aliphatic hydroxyl groups is 1. The van der Waals surface area contributed by atoms with Crippen molar-refractivity contribution in [2.75, 3.05) is 6.61 Å². The third-order valence-electron chi connectivity index (χ3n) is 2.44. The minimum atomic E-state index is 0.257. The van der Waals surface area contributed by atoms with E-state index < -0.39 is 0 Å². The van der Waals surface area contributed by atoms with Crippen LogP contribution in [0.4, 0.5) is 0 Å². The van der Waals surface area contributed by atoms with Crippen LogP contribution in [-0.2, 0) is 6.54 Å². The zero-order valence-corrected chi connectivity index (χ0v) is 11.7. The first-order valence-corrected chi connectivity index (χ1v) is 6.58. The maximum atomic E-state index is 8.73. The van der Waals surface area contributed by atoms with Crippen molar-refractivity contribution in [2.24, 2.45) is 0 Å². The van der Waals surface area contributed by atoms with E-state index in [1.54, 1.807) is 0 Å². The molecule has 0 aliphatic heterocycles. The van der Waals surface area contributed by atoms with Gasteiger partial charge >= 0.3 is 0 Å². The van der Waals surface area contributed by atoms with Crippen LogP contribution in [0.5, 0.6) is 0 Å². The van der Waals surface area contributed by atoms with Crippen LogP contribution in [0, 0.1) is 0 Å². The van der Waals surface area contributed by atoms with Gasteiger partial charge in [0, 0.05) is 28.7 Å². The fourth-order valence-corrected chi connectivity index (χ4v) is 2.04. The standard InChI is InChI=1S/C12H17BrClNO/c1-9(3-2-6-16)15-8-10-7-11(14)4-5-12(10)13/h4-5,7,9,15-16H,2-3,6,8H2,1H3. The molecule has 0 aliphatic rings. The minimum Gasteiger partial charge on any atom is -0.396 e. The molecule has 0 heterocycles. The molecular weight excluding hydrogens is 289 g/mol. The van der Waals surface area contributed by atoms with Gasteiger partial charge in [-0.15, -0.1) is 0 Å². The van der Waals surface area contributed by atoms with Gasteiger partial charge in [-0.25, -0.2) is 0 Å². The van der Waals surface area contributed by atoms with Gasteiger partial charge in [-0.2, -0.15) is 0 Å². The van der Waals surface area contributed by atoms with Crippen LogP contribution < -0.4 is 5.32 Å². The highest BCUT2D eigenvalue weighted by molar-refractivity contribution is 9.10. The molecule has 0 bridgehead atoms. The molecule has 0 spiro atoms. The van der Waals surface area contributed by atoms with Crippen molar-refractivity contribution in [3.8, 4) is 0 Å². The van der Waals surface area contributed by atoms with Gasteiger partial charge in [0.1, 0.15) is 0 Å². The molecule has 90 valence electrons.